The zero-order valence-electron chi connectivity index (χ0n) is 13.4. The van der Waals surface area contributed by atoms with E-state index in [-0.39, 0.29) is 0 Å². The maximum absolute atomic E-state index is 4.71. The first kappa shape index (κ1) is 13.5. The van der Waals surface area contributed by atoms with Crippen LogP contribution in [0.1, 0.15) is 18.4 Å². The summed E-state index contributed by atoms with van der Waals surface area (Å²) in [4.78, 5) is 4.71. The highest BCUT2D eigenvalue weighted by molar-refractivity contribution is 6.19. The molecule has 0 N–H and O–H groups in total. The smallest absolute Gasteiger partial charge is 0.0796 e. The van der Waals surface area contributed by atoms with Gasteiger partial charge in [-0.1, -0.05) is 78.9 Å². The molecule has 24 heavy (non-hydrogen) atoms. The Morgan fingerprint density at radius 3 is 2.42 bits per heavy atom. The lowest BCUT2D eigenvalue weighted by molar-refractivity contribution is 0.914. The van der Waals surface area contributed by atoms with Crippen LogP contribution < -0.4 is 0 Å². The fourth-order valence-electron chi connectivity index (χ4n) is 3.63. The van der Waals surface area contributed by atoms with Gasteiger partial charge in [0.25, 0.3) is 0 Å². The van der Waals surface area contributed by atoms with E-state index in [0.717, 1.165) is 18.6 Å². The summed E-state index contributed by atoms with van der Waals surface area (Å²) in [7, 11) is 0. The highest BCUT2D eigenvalue weighted by Gasteiger charge is 2.23. The third kappa shape index (κ3) is 2.05. The Balaban J connectivity index is 1.52. The lowest BCUT2D eigenvalue weighted by atomic mass is 9.89. The lowest BCUT2D eigenvalue weighted by Crippen LogP contribution is -2.16. The maximum atomic E-state index is 4.71. The van der Waals surface area contributed by atoms with Gasteiger partial charge in [0, 0.05) is 11.1 Å². The predicted octanol–water partition coefficient (Wildman–Crippen LogP) is 5.91. The van der Waals surface area contributed by atoms with Gasteiger partial charge in [0.05, 0.1) is 11.4 Å². The lowest BCUT2D eigenvalue weighted by Gasteiger charge is -2.23. The molecule has 0 unspecified atom stereocenters. The quantitative estimate of drug-likeness (QED) is 0.558. The number of allylic oxidation sites excluding steroid dienone is 4. The standard InChI is InChI=1S/C23H17N/c1-2-8-19-16(6-1)7-5-10-20(19)17-12-14-18(15-13-17)23-21-9-3-4-11-22(21)24-23/h1-3,5-10,12-15H,4,11H2. The first-order valence-corrected chi connectivity index (χ1v) is 8.47. The number of nitrogens with zero attached hydrogens (tertiary/aromatic N) is 1. The third-order valence-electron chi connectivity index (χ3n) is 4.90. The minimum absolute atomic E-state index is 1.09. The molecule has 1 nitrogen and oxygen atoms in total. The van der Waals surface area contributed by atoms with Gasteiger partial charge in [-0.05, 0) is 34.7 Å². The van der Waals surface area contributed by atoms with Gasteiger partial charge < -0.3 is 0 Å². The monoisotopic (exact) mass is 307 g/mol. The molecular weight excluding hydrogens is 290 g/mol. The van der Waals surface area contributed by atoms with E-state index in [1.165, 1.54) is 38.7 Å². The average Bonchev–Trinajstić information content (AvgIpc) is 2.63. The predicted molar refractivity (Wildman–Crippen MR) is 101 cm³/mol. The van der Waals surface area contributed by atoms with Crippen LogP contribution in [0, 0.1) is 0 Å². The normalized spacial score (nSPS) is 15.9. The average molecular weight is 307 g/mol. The van der Waals surface area contributed by atoms with E-state index >= 15 is 0 Å². The molecule has 1 heterocycles. The van der Waals surface area contributed by atoms with Crippen LogP contribution >= 0.6 is 0 Å². The molecule has 114 valence electrons. The highest BCUT2D eigenvalue weighted by Crippen LogP contribution is 2.33. The first-order chi connectivity index (χ1) is 11.9. The van der Waals surface area contributed by atoms with Gasteiger partial charge in [-0.2, -0.15) is 0 Å². The fourth-order valence-corrected chi connectivity index (χ4v) is 3.63. The van der Waals surface area contributed by atoms with Gasteiger partial charge in [0.2, 0.25) is 0 Å². The minimum Gasteiger partial charge on any atom is -0.251 e. The molecule has 0 saturated carbocycles. The third-order valence-corrected chi connectivity index (χ3v) is 4.90. The van der Waals surface area contributed by atoms with Gasteiger partial charge in [-0.15, -0.1) is 0 Å². The summed E-state index contributed by atoms with van der Waals surface area (Å²) >= 11 is 0. The van der Waals surface area contributed by atoms with Crippen LogP contribution in [0.25, 0.3) is 21.9 Å². The molecule has 3 aromatic carbocycles. The van der Waals surface area contributed by atoms with Gasteiger partial charge >= 0.3 is 0 Å². The minimum atomic E-state index is 1.09. The van der Waals surface area contributed by atoms with Gasteiger partial charge in [-0.3, -0.25) is 4.99 Å². The number of benzene rings is 3. The molecular formula is C23H17N. The van der Waals surface area contributed by atoms with Gasteiger partial charge in [0.15, 0.2) is 0 Å². The molecule has 3 aromatic rings. The molecule has 0 saturated heterocycles. The Kier molecular flexibility index (Phi) is 2.99. The molecule has 1 heteroatoms. The van der Waals surface area contributed by atoms with Crippen molar-refractivity contribution in [2.45, 2.75) is 12.8 Å². The SMILES string of the molecule is C1=CC2=C(CC1)N=C2c1ccc(-c2cccc3ccccc23)cc1. The van der Waals surface area contributed by atoms with Crippen molar-refractivity contribution < 1.29 is 0 Å². The molecule has 1 aliphatic carbocycles. The van der Waals surface area contributed by atoms with Gasteiger partial charge in [-0.25, -0.2) is 0 Å². The van der Waals surface area contributed by atoms with Crippen LogP contribution in [-0.2, 0) is 0 Å². The van der Waals surface area contributed by atoms with E-state index in [2.05, 4.69) is 78.9 Å². The molecule has 1 aliphatic heterocycles. The maximum Gasteiger partial charge on any atom is 0.0796 e. The van der Waals surface area contributed by atoms with Crippen molar-refractivity contribution in [3.8, 4) is 11.1 Å². The molecule has 2 aliphatic rings. The van der Waals surface area contributed by atoms with Crippen molar-refractivity contribution in [3.63, 3.8) is 0 Å². The molecule has 0 fully saturated rings. The Morgan fingerprint density at radius 1 is 0.750 bits per heavy atom. The Morgan fingerprint density at radius 2 is 1.54 bits per heavy atom. The van der Waals surface area contributed by atoms with E-state index in [1.54, 1.807) is 0 Å². The Hall–Kier alpha value is -2.93. The number of rotatable bonds is 2. The van der Waals surface area contributed by atoms with Crippen LogP contribution in [0.3, 0.4) is 0 Å². The molecule has 5 rings (SSSR count). The number of aliphatic imine (C=N–C) groups is 1. The zero-order chi connectivity index (χ0) is 15.9. The summed E-state index contributed by atoms with van der Waals surface area (Å²) in [6.45, 7) is 0. The highest BCUT2D eigenvalue weighted by atomic mass is 14.8. The molecule has 0 spiro atoms. The number of hydrogen-bond donors (Lipinski definition) is 0. The summed E-state index contributed by atoms with van der Waals surface area (Å²) in [5.74, 6) is 0. The Bertz CT molecular complexity index is 1030. The van der Waals surface area contributed by atoms with Crippen molar-refractivity contribution >= 4 is 16.5 Å². The molecule has 0 amide bonds. The first-order valence-electron chi connectivity index (χ1n) is 8.47. The van der Waals surface area contributed by atoms with E-state index in [0.29, 0.717) is 0 Å². The fraction of sp³-hybridized carbons (Fsp3) is 0.0870. The summed E-state index contributed by atoms with van der Waals surface area (Å²) in [5.41, 5.74) is 7.50. The largest absolute Gasteiger partial charge is 0.251 e. The van der Waals surface area contributed by atoms with Crippen molar-refractivity contribution in [2.24, 2.45) is 4.99 Å². The van der Waals surface area contributed by atoms with E-state index in [4.69, 9.17) is 4.99 Å². The topological polar surface area (TPSA) is 12.4 Å². The molecule has 0 radical (unpaired) electrons. The van der Waals surface area contributed by atoms with Crippen molar-refractivity contribution in [1.82, 2.24) is 0 Å². The molecule has 0 bridgehead atoms. The van der Waals surface area contributed by atoms with E-state index < -0.39 is 0 Å². The molecule has 0 atom stereocenters. The van der Waals surface area contributed by atoms with E-state index in [9.17, 15) is 0 Å². The second-order valence-corrected chi connectivity index (χ2v) is 6.37. The summed E-state index contributed by atoms with van der Waals surface area (Å²) < 4.78 is 0. The van der Waals surface area contributed by atoms with Crippen LogP contribution in [-0.4, -0.2) is 5.71 Å². The van der Waals surface area contributed by atoms with E-state index in [1.807, 2.05) is 0 Å². The summed E-state index contributed by atoms with van der Waals surface area (Å²) in [5, 5.41) is 2.58. The second-order valence-electron chi connectivity index (χ2n) is 6.37. The van der Waals surface area contributed by atoms with Crippen molar-refractivity contribution in [1.29, 1.82) is 0 Å². The van der Waals surface area contributed by atoms with Crippen LogP contribution in [0.15, 0.2) is 95.1 Å². The van der Waals surface area contributed by atoms with Crippen LogP contribution in [0.2, 0.25) is 0 Å². The number of hydrogen-bond acceptors (Lipinski definition) is 1. The zero-order valence-corrected chi connectivity index (χ0v) is 13.4. The second kappa shape index (κ2) is 5.31. The van der Waals surface area contributed by atoms with Gasteiger partial charge in [0.1, 0.15) is 0 Å². The van der Waals surface area contributed by atoms with Crippen LogP contribution in [0.4, 0.5) is 0 Å². The van der Waals surface area contributed by atoms with Crippen molar-refractivity contribution in [3.05, 3.63) is 95.7 Å². The summed E-state index contributed by atoms with van der Waals surface area (Å²) in [6.07, 6.45) is 6.68. The van der Waals surface area contributed by atoms with Crippen molar-refractivity contribution in [2.75, 3.05) is 0 Å². The van der Waals surface area contributed by atoms with Crippen LogP contribution in [0.5, 0.6) is 0 Å². The summed E-state index contributed by atoms with van der Waals surface area (Å²) in [6, 6.07) is 23.9. The number of fused-ring (bicyclic) bond motifs is 1. The Labute approximate surface area is 141 Å². The molecule has 0 aromatic heterocycles.